The van der Waals surface area contributed by atoms with Crippen molar-refractivity contribution in [2.24, 2.45) is 5.92 Å². The Morgan fingerprint density at radius 1 is 1.00 bits per heavy atom. The maximum absolute atomic E-state index is 3.50. The van der Waals surface area contributed by atoms with Crippen LogP contribution in [0, 0.1) is 5.92 Å². The van der Waals surface area contributed by atoms with Gasteiger partial charge in [0, 0.05) is 4.90 Å². The number of hydrogen-bond acceptors (Lipinski definition) is 2. The van der Waals surface area contributed by atoms with Gasteiger partial charge in [0.1, 0.15) is 0 Å². The first-order valence-electron chi connectivity index (χ1n) is 7.58. The zero-order chi connectivity index (χ0) is 14.2. The summed E-state index contributed by atoms with van der Waals surface area (Å²) in [5, 5.41) is 6.17. The molecule has 0 fully saturated rings. The topological polar surface area (TPSA) is 12.0 Å². The Hall–Kier alpha value is -0.990. The van der Waals surface area contributed by atoms with Crippen molar-refractivity contribution in [3.05, 3.63) is 42.5 Å². The molecule has 0 amide bonds. The zero-order valence-electron chi connectivity index (χ0n) is 12.6. The quantitative estimate of drug-likeness (QED) is 0.544. The van der Waals surface area contributed by atoms with Gasteiger partial charge >= 0.3 is 0 Å². The molecule has 0 aliphatic carbocycles. The minimum absolute atomic E-state index is 0.752. The minimum atomic E-state index is 0.752. The van der Waals surface area contributed by atoms with Crippen molar-refractivity contribution >= 4 is 22.5 Å². The normalized spacial score (nSPS) is 11.3. The second-order valence-corrected chi connectivity index (χ2v) is 6.83. The Morgan fingerprint density at radius 2 is 1.80 bits per heavy atom. The summed E-state index contributed by atoms with van der Waals surface area (Å²) in [4.78, 5) is 1.39. The molecule has 2 rings (SSSR count). The lowest BCUT2D eigenvalue weighted by molar-refractivity contribution is 0.541. The summed E-state index contributed by atoms with van der Waals surface area (Å²) in [5.41, 5.74) is 0. The largest absolute Gasteiger partial charge is 0.316 e. The minimum Gasteiger partial charge on any atom is -0.316 e. The van der Waals surface area contributed by atoms with Gasteiger partial charge in [0.2, 0.25) is 0 Å². The molecule has 0 unspecified atom stereocenters. The summed E-state index contributed by atoms with van der Waals surface area (Å²) >= 11 is 1.97. The predicted octanol–water partition coefficient (Wildman–Crippen LogP) is 4.96. The van der Waals surface area contributed by atoms with E-state index in [1.807, 2.05) is 11.8 Å². The highest BCUT2D eigenvalue weighted by atomic mass is 32.2. The third-order valence-electron chi connectivity index (χ3n) is 3.29. The molecule has 1 nitrogen and oxygen atoms in total. The maximum Gasteiger partial charge on any atom is 0.00783 e. The molecule has 1 N–H and O–H groups in total. The molecule has 0 saturated heterocycles. The van der Waals surface area contributed by atoms with Gasteiger partial charge in [-0.05, 0) is 60.5 Å². The van der Waals surface area contributed by atoms with Crippen LogP contribution in [0.15, 0.2) is 47.4 Å². The fourth-order valence-electron chi connectivity index (χ4n) is 2.19. The van der Waals surface area contributed by atoms with Gasteiger partial charge in [-0.25, -0.2) is 0 Å². The van der Waals surface area contributed by atoms with Gasteiger partial charge in [0.05, 0.1) is 0 Å². The number of unbranched alkanes of at least 4 members (excludes halogenated alkanes) is 1. The smallest absolute Gasteiger partial charge is 0.00783 e. The molecule has 0 atom stereocenters. The van der Waals surface area contributed by atoms with Crippen LogP contribution in [0.25, 0.3) is 10.8 Å². The van der Waals surface area contributed by atoms with E-state index in [1.165, 1.54) is 34.3 Å². The number of fused-ring (bicyclic) bond motifs is 1. The molecule has 2 aromatic rings. The van der Waals surface area contributed by atoms with Crippen LogP contribution < -0.4 is 5.32 Å². The number of hydrogen-bond donors (Lipinski definition) is 1. The molecule has 2 heteroatoms. The van der Waals surface area contributed by atoms with Crippen LogP contribution in [0.5, 0.6) is 0 Å². The molecule has 0 bridgehead atoms. The van der Waals surface area contributed by atoms with Crippen molar-refractivity contribution in [1.29, 1.82) is 0 Å². The van der Waals surface area contributed by atoms with Gasteiger partial charge in [0.15, 0.2) is 0 Å². The SMILES string of the molecule is CC(C)CNCCCCSc1ccc2ccccc2c1. The Bertz CT molecular complexity index is 522. The first-order chi connectivity index (χ1) is 9.75. The lowest BCUT2D eigenvalue weighted by atomic mass is 10.1. The molecule has 0 saturated carbocycles. The fraction of sp³-hybridized carbons (Fsp3) is 0.444. The predicted molar refractivity (Wildman–Crippen MR) is 91.6 cm³/mol. The highest BCUT2D eigenvalue weighted by Gasteiger charge is 1.98. The van der Waals surface area contributed by atoms with E-state index in [1.54, 1.807) is 0 Å². The lowest BCUT2D eigenvalue weighted by Gasteiger charge is -2.07. The highest BCUT2D eigenvalue weighted by Crippen LogP contribution is 2.24. The Labute approximate surface area is 127 Å². The summed E-state index contributed by atoms with van der Waals surface area (Å²) in [6, 6.07) is 15.3. The van der Waals surface area contributed by atoms with Crippen molar-refractivity contribution in [3.8, 4) is 0 Å². The van der Waals surface area contributed by atoms with Crippen molar-refractivity contribution in [1.82, 2.24) is 5.32 Å². The highest BCUT2D eigenvalue weighted by molar-refractivity contribution is 7.99. The average Bonchev–Trinajstić information content (AvgIpc) is 2.46. The van der Waals surface area contributed by atoms with E-state index >= 15 is 0 Å². The number of rotatable bonds is 8. The van der Waals surface area contributed by atoms with Crippen LogP contribution in [0.3, 0.4) is 0 Å². The van der Waals surface area contributed by atoms with Crippen LogP contribution in [0.1, 0.15) is 26.7 Å². The summed E-state index contributed by atoms with van der Waals surface area (Å²) in [6.45, 7) is 6.79. The van der Waals surface area contributed by atoms with Gasteiger partial charge < -0.3 is 5.32 Å². The van der Waals surface area contributed by atoms with Gasteiger partial charge in [-0.15, -0.1) is 11.8 Å². The monoisotopic (exact) mass is 287 g/mol. The molecule has 20 heavy (non-hydrogen) atoms. The van der Waals surface area contributed by atoms with Crippen LogP contribution >= 0.6 is 11.8 Å². The summed E-state index contributed by atoms with van der Waals surface area (Å²) in [6.07, 6.45) is 2.55. The van der Waals surface area contributed by atoms with E-state index in [4.69, 9.17) is 0 Å². The first kappa shape index (κ1) is 15.4. The lowest BCUT2D eigenvalue weighted by Crippen LogP contribution is -2.20. The molecule has 0 radical (unpaired) electrons. The van der Waals surface area contributed by atoms with Crippen molar-refractivity contribution in [2.75, 3.05) is 18.8 Å². The Balaban J connectivity index is 1.68. The molecule has 0 heterocycles. The van der Waals surface area contributed by atoms with Gasteiger partial charge in [-0.2, -0.15) is 0 Å². The van der Waals surface area contributed by atoms with E-state index in [-0.39, 0.29) is 0 Å². The Morgan fingerprint density at radius 3 is 2.60 bits per heavy atom. The van der Waals surface area contributed by atoms with Crippen LogP contribution in [-0.2, 0) is 0 Å². The van der Waals surface area contributed by atoms with Crippen LogP contribution in [0.4, 0.5) is 0 Å². The maximum atomic E-state index is 3.50. The standard InChI is InChI=1S/C18H25NS/c1-15(2)14-19-11-5-6-12-20-18-10-9-16-7-3-4-8-17(16)13-18/h3-4,7-10,13,15,19H,5-6,11-12,14H2,1-2H3. The molecule has 0 spiro atoms. The van der Waals surface area contributed by atoms with E-state index in [0.717, 1.165) is 19.0 Å². The van der Waals surface area contributed by atoms with Crippen molar-refractivity contribution < 1.29 is 0 Å². The second-order valence-electron chi connectivity index (χ2n) is 5.66. The molecular formula is C18H25NS. The number of benzene rings is 2. The van der Waals surface area contributed by atoms with Crippen LogP contribution in [-0.4, -0.2) is 18.8 Å². The van der Waals surface area contributed by atoms with Crippen LogP contribution in [0.2, 0.25) is 0 Å². The fourth-order valence-corrected chi connectivity index (χ4v) is 3.15. The van der Waals surface area contributed by atoms with Gasteiger partial charge in [0.25, 0.3) is 0 Å². The van der Waals surface area contributed by atoms with Crippen molar-refractivity contribution in [2.45, 2.75) is 31.6 Å². The molecule has 2 aromatic carbocycles. The van der Waals surface area contributed by atoms with E-state index < -0.39 is 0 Å². The van der Waals surface area contributed by atoms with E-state index in [0.29, 0.717) is 0 Å². The first-order valence-corrected chi connectivity index (χ1v) is 8.56. The summed E-state index contributed by atoms with van der Waals surface area (Å²) in [7, 11) is 0. The van der Waals surface area contributed by atoms with E-state index in [2.05, 4.69) is 61.6 Å². The molecule has 0 aliphatic rings. The number of thioether (sulfide) groups is 1. The molecule has 0 aliphatic heterocycles. The average molecular weight is 287 g/mol. The van der Waals surface area contributed by atoms with Gasteiger partial charge in [-0.1, -0.05) is 44.2 Å². The van der Waals surface area contributed by atoms with Crippen molar-refractivity contribution in [3.63, 3.8) is 0 Å². The third-order valence-corrected chi connectivity index (χ3v) is 4.37. The molecule has 108 valence electrons. The van der Waals surface area contributed by atoms with Gasteiger partial charge in [-0.3, -0.25) is 0 Å². The number of nitrogens with one attached hydrogen (secondary N) is 1. The molecule has 0 aromatic heterocycles. The summed E-state index contributed by atoms with van der Waals surface area (Å²) < 4.78 is 0. The van der Waals surface area contributed by atoms with E-state index in [9.17, 15) is 0 Å². The Kier molecular flexibility index (Phi) is 6.41. The second kappa shape index (κ2) is 8.33. The third kappa shape index (κ3) is 5.18. The zero-order valence-corrected chi connectivity index (χ0v) is 13.4. The molecular weight excluding hydrogens is 262 g/mol. The summed E-state index contributed by atoms with van der Waals surface area (Å²) in [5.74, 6) is 1.96.